The number of carbonyl (C=O) groups excluding carboxylic acids is 1. The Labute approximate surface area is 235 Å². The van der Waals surface area contributed by atoms with Crippen LogP contribution < -0.4 is 10.4 Å². The molecule has 39 heavy (non-hydrogen) atoms. The molecule has 2 aliphatic rings. The second-order valence-corrected chi connectivity index (χ2v) is 17.4. The Morgan fingerprint density at radius 3 is 1.97 bits per heavy atom. The normalized spacial score (nSPS) is 24.5. The van der Waals surface area contributed by atoms with Crippen molar-refractivity contribution in [3.63, 3.8) is 0 Å². The zero-order valence-electron chi connectivity index (χ0n) is 24.6. The van der Waals surface area contributed by atoms with Crippen molar-refractivity contribution in [3.05, 3.63) is 60.7 Å². The molecule has 2 aromatic rings. The minimum atomic E-state index is -2.79. The van der Waals surface area contributed by atoms with E-state index in [0.717, 1.165) is 38.5 Å². The van der Waals surface area contributed by atoms with Crippen molar-refractivity contribution < 1.29 is 23.8 Å². The highest BCUT2D eigenvalue weighted by molar-refractivity contribution is 6.99. The summed E-state index contributed by atoms with van der Waals surface area (Å²) >= 11 is 0. The van der Waals surface area contributed by atoms with E-state index in [2.05, 4.69) is 69.3 Å². The van der Waals surface area contributed by atoms with Crippen LogP contribution in [0.5, 0.6) is 0 Å². The second kappa shape index (κ2) is 11.7. The quantitative estimate of drug-likeness (QED) is 0.471. The molecule has 1 spiro atoms. The summed E-state index contributed by atoms with van der Waals surface area (Å²) in [5.74, 6) is 0. The summed E-state index contributed by atoms with van der Waals surface area (Å²) in [7, 11) is -2.79. The maximum atomic E-state index is 13.9. The van der Waals surface area contributed by atoms with E-state index in [9.17, 15) is 9.90 Å². The summed E-state index contributed by atoms with van der Waals surface area (Å²) in [6.45, 7) is 12.8. The largest absolute Gasteiger partial charge is 0.444 e. The Morgan fingerprint density at radius 1 is 0.949 bits per heavy atom. The van der Waals surface area contributed by atoms with Gasteiger partial charge in [-0.3, -0.25) is 4.90 Å². The van der Waals surface area contributed by atoms with E-state index in [4.69, 9.17) is 13.9 Å². The van der Waals surface area contributed by atoms with Gasteiger partial charge < -0.3 is 19.0 Å². The average Bonchev–Trinajstić information content (AvgIpc) is 2.88. The van der Waals surface area contributed by atoms with E-state index in [1.54, 1.807) is 0 Å². The maximum Gasteiger partial charge on any atom is 0.412 e. The Morgan fingerprint density at radius 2 is 1.49 bits per heavy atom. The Bertz CT molecular complexity index is 1040. The summed E-state index contributed by atoms with van der Waals surface area (Å²) in [6.07, 6.45) is 4.25. The fourth-order valence-corrected chi connectivity index (χ4v) is 11.1. The van der Waals surface area contributed by atoms with Crippen molar-refractivity contribution in [2.75, 3.05) is 13.2 Å². The monoisotopic (exact) mass is 553 g/mol. The highest BCUT2D eigenvalue weighted by Gasteiger charge is 2.54. The van der Waals surface area contributed by atoms with E-state index in [0.29, 0.717) is 6.61 Å². The number of aliphatic hydroxyl groups is 1. The standard InChI is InChI=1S/C32H47NO5Si/c1-30(2,3)38-29(35)33-25(15-13-21-32(33)22-14-16-26(23-34)37-32)24-36-39(31(4,5)6,27-17-9-7-10-18-27)28-19-11-8-12-20-28/h7-12,17-20,25-26,34H,13-16,21-24H2,1-6H3/t25?,26-,32-/m0/s1. The fraction of sp³-hybridized carbons (Fsp3) is 0.594. The third-order valence-corrected chi connectivity index (χ3v) is 13.1. The third kappa shape index (κ3) is 6.27. The van der Waals surface area contributed by atoms with Crippen LogP contribution in [0.15, 0.2) is 60.7 Å². The molecule has 0 radical (unpaired) electrons. The van der Waals surface area contributed by atoms with Gasteiger partial charge in [0.25, 0.3) is 8.32 Å². The molecule has 6 nitrogen and oxygen atoms in total. The molecule has 2 heterocycles. The number of piperidine rings is 1. The Hall–Kier alpha value is -2.19. The molecular weight excluding hydrogens is 506 g/mol. The zero-order chi connectivity index (χ0) is 28.3. The summed E-state index contributed by atoms with van der Waals surface area (Å²) in [4.78, 5) is 15.7. The molecule has 0 aliphatic carbocycles. The molecule has 0 aromatic heterocycles. The predicted molar refractivity (Wildman–Crippen MR) is 158 cm³/mol. The molecular formula is C32H47NO5Si. The minimum Gasteiger partial charge on any atom is -0.444 e. The van der Waals surface area contributed by atoms with Crippen molar-refractivity contribution >= 4 is 24.8 Å². The number of hydrogen-bond donors (Lipinski definition) is 1. The van der Waals surface area contributed by atoms with E-state index >= 15 is 0 Å². The van der Waals surface area contributed by atoms with Crippen molar-refractivity contribution in [1.29, 1.82) is 0 Å². The maximum absolute atomic E-state index is 13.9. The number of rotatable bonds is 6. The number of aliphatic hydroxyl groups excluding tert-OH is 1. The first kappa shape index (κ1) is 29.8. The third-order valence-electron chi connectivity index (χ3n) is 8.09. The Balaban J connectivity index is 1.75. The lowest BCUT2D eigenvalue weighted by Gasteiger charge is -2.54. The minimum absolute atomic E-state index is 0.0485. The molecule has 2 fully saturated rings. The first-order valence-corrected chi connectivity index (χ1v) is 16.4. The van der Waals surface area contributed by atoms with E-state index in [1.165, 1.54) is 10.4 Å². The number of amides is 1. The average molecular weight is 554 g/mol. The topological polar surface area (TPSA) is 68.2 Å². The van der Waals surface area contributed by atoms with Crippen molar-refractivity contribution in [1.82, 2.24) is 4.90 Å². The lowest BCUT2D eigenvalue weighted by molar-refractivity contribution is -0.238. The molecule has 2 aromatic carbocycles. The zero-order valence-corrected chi connectivity index (χ0v) is 25.6. The van der Waals surface area contributed by atoms with Crippen LogP contribution in [0.2, 0.25) is 5.04 Å². The molecule has 1 amide bonds. The van der Waals surface area contributed by atoms with Crippen LogP contribution in [0.4, 0.5) is 4.79 Å². The van der Waals surface area contributed by atoms with E-state index < -0.39 is 19.6 Å². The van der Waals surface area contributed by atoms with Gasteiger partial charge in [-0.25, -0.2) is 4.79 Å². The van der Waals surface area contributed by atoms with Crippen molar-refractivity contribution in [2.45, 2.75) is 109 Å². The molecule has 2 saturated heterocycles. The van der Waals surface area contributed by atoms with Gasteiger partial charge in [0.2, 0.25) is 0 Å². The smallest absolute Gasteiger partial charge is 0.412 e. The molecule has 1 unspecified atom stereocenters. The van der Waals surface area contributed by atoms with Crippen LogP contribution in [0.25, 0.3) is 0 Å². The molecule has 0 bridgehead atoms. The van der Waals surface area contributed by atoms with Crippen LogP contribution in [0.1, 0.15) is 80.1 Å². The van der Waals surface area contributed by atoms with E-state index in [-0.39, 0.29) is 29.9 Å². The van der Waals surface area contributed by atoms with Crippen LogP contribution in [0, 0.1) is 0 Å². The van der Waals surface area contributed by atoms with Crippen LogP contribution >= 0.6 is 0 Å². The summed E-state index contributed by atoms with van der Waals surface area (Å²) in [5.41, 5.74) is -1.42. The first-order valence-electron chi connectivity index (χ1n) is 14.5. The van der Waals surface area contributed by atoms with Gasteiger partial charge in [-0.05, 0) is 74.7 Å². The van der Waals surface area contributed by atoms with Gasteiger partial charge in [-0.15, -0.1) is 0 Å². The number of ether oxygens (including phenoxy) is 2. The highest BCUT2D eigenvalue weighted by Crippen LogP contribution is 2.43. The summed E-state index contributed by atoms with van der Waals surface area (Å²) < 4.78 is 19.8. The fourth-order valence-electron chi connectivity index (χ4n) is 6.49. The van der Waals surface area contributed by atoms with Crippen molar-refractivity contribution in [3.8, 4) is 0 Å². The van der Waals surface area contributed by atoms with Crippen molar-refractivity contribution in [2.24, 2.45) is 0 Å². The molecule has 0 saturated carbocycles. The lowest BCUT2D eigenvalue weighted by atomic mass is 9.86. The SMILES string of the molecule is CC(C)(C)OC(=O)N1C(CO[Si](c2ccccc2)(c2ccccc2)C(C)(C)C)CCC[C@]12CCC[C@@H](CO)O2. The Kier molecular flexibility index (Phi) is 8.96. The summed E-state index contributed by atoms with van der Waals surface area (Å²) in [5, 5.41) is 12.2. The van der Waals surface area contributed by atoms with Gasteiger partial charge in [-0.2, -0.15) is 0 Å². The number of likely N-dealkylation sites (tertiary alicyclic amines) is 1. The predicted octanol–water partition coefficient (Wildman–Crippen LogP) is 5.61. The lowest BCUT2D eigenvalue weighted by Crippen LogP contribution is -2.69. The molecule has 2 aliphatic heterocycles. The van der Waals surface area contributed by atoms with Crippen LogP contribution in [-0.2, 0) is 13.9 Å². The van der Waals surface area contributed by atoms with Gasteiger partial charge in [-0.1, -0.05) is 81.4 Å². The van der Waals surface area contributed by atoms with Gasteiger partial charge >= 0.3 is 6.09 Å². The molecule has 3 atom stereocenters. The number of carbonyl (C=O) groups is 1. The second-order valence-electron chi connectivity index (χ2n) is 13.1. The number of nitrogens with zero attached hydrogens (tertiary/aromatic N) is 1. The molecule has 1 N–H and O–H groups in total. The molecule has 214 valence electrons. The molecule has 7 heteroatoms. The highest BCUT2D eigenvalue weighted by atomic mass is 28.4. The van der Waals surface area contributed by atoms with Gasteiger partial charge in [0.1, 0.15) is 11.3 Å². The van der Waals surface area contributed by atoms with E-state index in [1.807, 2.05) is 37.8 Å². The number of hydrogen-bond acceptors (Lipinski definition) is 5. The van der Waals surface area contributed by atoms with Gasteiger partial charge in [0.15, 0.2) is 0 Å². The van der Waals surface area contributed by atoms with Crippen LogP contribution in [-0.4, -0.2) is 61.1 Å². The molecule has 4 rings (SSSR count). The van der Waals surface area contributed by atoms with Gasteiger partial charge in [0, 0.05) is 0 Å². The summed E-state index contributed by atoms with van der Waals surface area (Å²) in [6, 6.07) is 21.0. The van der Waals surface area contributed by atoms with Crippen LogP contribution in [0.3, 0.4) is 0 Å². The first-order chi connectivity index (χ1) is 18.4. The number of benzene rings is 2. The van der Waals surface area contributed by atoms with Gasteiger partial charge in [0.05, 0.1) is 25.4 Å².